The first-order valence-electron chi connectivity index (χ1n) is 11.5. The van der Waals surface area contributed by atoms with Gasteiger partial charge in [0.15, 0.2) is 0 Å². The first-order chi connectivity index (χ1) is 13.4. The molecule has 0 aromatic heterocycles. The predicted molar refractivity (Wildman–Crippen MR) is 115 cm³/mol. The lowest BCUT2D eigenvalue weighted by atomic mass is 9.61. The number of hydrogen-bond donors (Lipinski definition) is 3. The van der Waals surface area contributed by atoms with E-state index in [4.69, 9.17) is 5.11 Å². The topological polar surface area (TPSA) is 60.7 Å². The SMILES string of the molecule is CC[C@H](C)C1CCC2C(=CC=C3C[C@@H](O)C(=CCCO)[C@H](O)C3)CCC[C@@]21C. The first-order valence-corrected chi connectivity index (χ1v) is 11.5. The van der Waals surface area contributed by atoms with Crippen molar-refractivity contribution in [3.05, 3.63) is 34.9 Å². The summed E-state index contributed by atoms with van der Waals surface area (Å²) in [5, 5.41) is 29.8. The molecular formula is C25H40O3. The van der Waals surface area contributed by atoms with Crippen molar-refractivity contribution in [2.75, 3.05) is 6.61 Å². The highest BCUT2D eigenvalue weighted by Crippen LogP contribution is 2.59. The van der Waals surface area contributed by atoms with E-state index in [0.29, 0.717) is 36.2 Å². The van der Waals surface area contributed by atoms with Crippen molar-refractivity contribution < 1.29 is 15.3 Å². The fourth-order valence-electron chi connectivity index (χ4n) is 6.40. The fraction of sp³-hybridized carbons (Fsp3) is 0.760. The molecule has 3 aliphatic carbocycles. The van der Waals surface area contributed by atoms with Gasteiger partial charge in [0.2, 0.25) is 0 Å². The summed E-state index contributed by atoms with van der Waals surface area (Å²) in [7, 11) is 0. The van der Waals surface area contributed by atoms with Gasteiger partial charge in [-0.1, -0.05) is 56.6 Å². The summed E-state index contributed by atoms with van der Waals surface area (Å²) in [6.07, 6.45) is 14.5. The van der Waals surface area contributed by atoms with E-state index in [1.807, 2.05) is 0 Å². The Balaban J connectivity index is 1.74. The molecule has 158 valence electrons. The maximum absolute atomic E-state index is 10.4. The number of hydrogen-bond acceptors (Lipinski definition) is 3. The van der Waals surface area contributed by atoms with Gasteiger partial charge in [-0.25, -0.2) is 0 Å². The highest BCUT2D eigenvalue weighted by molar-refractivity contribution is 5.30. The van der Waals surface area contributed by atoms with Crippen LogP contribution in [0.15, 0.2) is 34.9 Å². The number of aliphatic hydroxyl groups excluding tert-OH is 3. The average molecular weight is 389 g/mol. The summed E-state index contributed by atoms with van der Waals surface area (Å²) in [5.41, 5.74) is 3.86. The van der Waals surface area contributed by atoms with Crippen LogP contribution in [0.3, 0.4) is 0 Å². The van der Waals surface area contributed by atoms with Crippen LogP contribution in [0.1, 0.15) is 78.6 Å². The minimum absolute atomic E-state index is 0.0511. The van der Waals surface area contributed by atoms with Crippen LogP contribution in [0.25, 0.3) is 0 Å². The van der Waals surface area contributed by atoms with Crippen molar-refractivity contribution in [1.29, 1.82) is 0 Å². The van der Waals surface area contributed by atoms with Gasteiger partial charge >= 0.3 is 0 Å². The van der Waals surface area contributed by atoms with Crippen LogP contribution in [-0.2, 0) is 0 Å². The van der Waals surface area contributed by atoms with Gasteiger partial charge in [-0.15, -0.1) is 0 Å². The first kappa shape index (κ1) is 21.8. The zero-order valence-corrected chi connectivity index (χ0v) is 18.0. The molecule has 0 amide bonds. The molecule has 0 saturated heterocycles. The Morgan fingerprint density at radius 3 is 2.50 bits per heavy atom. The number of fused-ring (bicyclic) bond motifs is 1. The van der Waals surface area contributed by atoms with Crippen LogP contribution in [0.5, 0.6) is 0 Å². The van der Waals surface area contributed by atoms with E-state index >= 15 is 0 Å². The largest absolute Gasteiger partial charge is 0.396 e. The normalized spacial score (nSPS) is 38.4. The predicted octanol–water partition coefficient (Wildman–Crippen LogP) is 4.93. The van der Waals surface area contributed by atoms with E-state index in [-0.39, 0.29) is 6.61 Å². The summed E-state index contributed by atoms with van der Waals surface area (Å²) < 4.78 is 0. The molecule has 0 aromatic carbocycles. The zero-order chi connectivity index (χ0) is 20.3. The Bertz CT molecular complexity index is 616. The molecule has 2 unspecified atom stereocenters. The van der Waals surface area contributed by atoms with Crippen LogP contribution >= 0.6 is 0 Å². The van der Waals surface area contributed by atoms with E-state index in [1.54, 1.807) is 11.6 Å². The zero-order valence-electron chi connectivity index (χ0n) is 18.0. The average Bonchev–Trinajstić information content (AvgIpc) is 3.02. The molecule has 28 heavy (non-hydrogen) atoms. The third-order valence-corrected chi connectivity index (χ3v) is 8.09. The smallest absolute Gasteiger partial charge is 0.0812 e. The molecule has 3 saturated carbocycles. The van der Waals surface area contributed by atoms with Crippen molar-refractivity contribution in [1.82, 2.24) is 0 Å². The van der Waals surface area contributed by atoms with Crippen molar-refractivity contribution >= 4 is 0 Å². The molecule has 0 heterocycles. The van der Waals surface area contributed by atoms with Gasteiger partial charge in [-0.2, -0.15) is 0 Å². The second kappa shape index (κ2) is 9.28. The lowest BCUT2D eigenvalue weighted by Crippen LogP contribution is -2.35. The summed E-state index contributed by atoms with van der Waals surface area (Å²) in [6, 6.07) is 0. The highest BCUT2D eigenvalue weighted by atomic mass is 16.3. The van der Waals surface area contributed by atoms with E-state index in [9.17, 15) is 10.2 Å². The monoisotopic (exact) mass is 388 g/mol. The Hall–Kier alpha value is -0.900. The Morgan fingerprint density at radius 2 is 1.86 bits per heavy atom. The summed E-state index contributed by atoms with van der Waals surface area (Å²) in [5.74, 6) is 2.35. The van der Waals surface area contributed by atoms with E-state index in [0.717, 1.165) is 17.4 Å². The minimum atomic E-state index is -0.627. The second-order valence-corrected chi connectivity index (χ2v) is 9.70. The lowest BCUT2D eigenvalue weighted by Gasteiger charge is -2.44. The Kier molecular flexibility index (Phi) is 7.22. The fourth-order valence-corrected chi connectivity index (χ4v) is 6.40. The van der Waals surface area contributed by atoms with Crippen molar-refractivity contribution in [3.63, 3.8) is 0 Å². The van der Waals surface area contributed by atoms with Crippen molar-refractivity contribution in [2.24, 2.45) is 23.2 Å². The Morgan fingerprint density at radius 1 is 1.14 bits per heavy atom. The summed E-state index contributed by atoms with van der Waals surface area (Å²) in [4.78, 5) is 0. The molecule has 3 N–H and O–H groups in total. The summed E-state index contributed by atoms with van der Waals surface area (Å²) >= 11 is 0. The maximum Gasteiger partial charge on any atom is 0.0812 e. The third-order valence-electron chi connectivity index (χ3n) is 8.09. The van der Waals surface area contributed by atoms with Crippen LogP contribution in [0.2, 0.25) is 0 Å². The quantitative estimate of drug-likeness (QED) is 0.586. The van der Waals surface area contributed by atoms with Gasteiger partial charge in [0.1, 0.15) is 0 Å². The van der Waals surface area contributed by atoms with Crippen LogP contribution in [0, 0.1) is 23.2 Å². The highest BCUT2D eigenvalue weighted by Gasteiger charge is 2.50. The van der Waals surface area contributed by atoms with Crippen LogP contribution in [0.4, 0.5) is 0 Å². The molecular weight excluding hydrogens is 348 g/mol. The van der Waals surface area contributed by atoms with E-state index < -0.39 is 12.2 Å². The number of allylic oxidation sites excluding steroid dienone is 3. The molecule has 3 heteroatoms. The minimum Gasteiger partial charge on any atom is -0.396 e. The van der Waals surface area contributed by atoms with E-state index in [2.05, 4.69) is 32.9 Å². The van der Waals surface area contributed by atoms with Gasteiger partial charge in [0, 0.05) is 6.61 Å². The van der Waals surface area contributed by atoms with Gasteiger partial charge in [-0.3, -0.25) is 0 Å². The van der Waals surface area contributed by atoms with Gasteiger partial charge < -0.3 is 15.3 Å². The number of rotatable bonds is 5. The molecule has 3 rings (SSSR count). The third kappa shape index (κ3) is 4.32. The molecule has 6 atom stereocenters. The lowest BCUT2D eigenvalue weighted by molar-refractivity contribution is 0.0961. The molecule has 0 aromatic rings. The second-order valence-electron chi connectivity index (χ2n) is 9.70. The Labute approximate surface area is 171 Å². The van der Waals surface area contributed by atoms with Crippen LogP contribution < -0.4 is 0 Å². The molecule has 3 aliphatic rings. The maximum atomic E-state index is 10.4. The molecule has 0 radical (unpaired) electrons. The van der Waals surface area contributed by atoms with Crippen molar-refractivity contribution in [3.8, 4) is 0 Å². The molecule has 3 fully saturated rings. The standard InChI is InChI=1S/C25H40O3/c1-4-17(2)21-11-12-22-19(7-5-13-25(21,22)3)10-9-18-15-23(27)20(8-6-14-26)24(28)16-18/h8-10,17,21-24,26-28H,4-7,11-16H2,1-3H3/t17-,21?,22?,23+,24+,25+/m0/s1. The van der Waals surface area contributed by atoms with Gasteiger partial charge in [0.25, 0.3) is 0 Å². The van der Waals surface area contributed by atoms with Crippen LogP contribution in [-0.4, -0.2) is 34.1 Å². The van der Waals surface area contributed by atoms with E-state index in [1.165, 1.54) is 38.5 Å². The number of aliphatic hydroxyl groups is 3. The van der Waals surface area contributed by atoms with Crippen molar-refractivity contribution in [2.45, 2.75) is 90.8 Å². The summed E-state index contributed by atoms with van der Waals surface area (Å²) in [6.45, 7) is 7.35. The van der Waals surface area contributed by atoms with Gasteiger partial charge in [0.05, 0.1) is 12.2 Å². The molecule has 0 bridgehead atoms. The molecule has 3 nitrogen and oxygen atoms in total. The molecule has 0 aliphatic heterocycles. The molecule has 0 spiro atoms. The van der Waals surface area contributed by atoms with Gasteiger partial charge in [-0.05, 0) is 80.1 Å².